The van der Waals surface area contributed by atoms with Crippen molar-refractivity contribution >= 4 is 22.0 Å². The number of nitrogens with zero attached hydrogens (tertiary/aromatic N) is 4. The molecule has 0 aliphatic carbocycles. The van der Waals surface area contributed by atoms with Crippen molar-refractivity contribution in [1.29, 1.82) is 0 Å². The molecule has 1 amide bonds. The molecule has 1 heterocycles. The van der Waals surface area contributed by atoms with E-state index in [1.807, 2.05) is 13.8 Å². The van der Waals surface area contributed by atoms with Gasteiger partial charge in [-0.3, -0.25) is 0 Å². The highest BCUT2D eigenvalue weighted by Gasteiger charge is 2.18. The summed E-state index contributed by atoms with van der Waals surface area (Å²) in [6, 6.07) is 7.51. The second kappa shape index (κ2) is 6.56. The van der Waals surface area contributed by atoms with Crippen LogP contribution in [0.15, 0.2) is 41.6 Å². The van der Waals surface area contributed by atoms with E-state index in [9.17, 15) is 13.2 Å². The lowest BCUT2D eigenvalue weighted by Crippen LogP contribution is -2.34. The Bertz CT molecular complexity index is 738. The maximum atomic E-state index is 12.1. The van der Waals surface area contributed by atoms with E-state index in [1.165, 1.54) is 18.5 Å². The average molecular weight is 323 g/mol. The molecule has 0 atom stereocenters. The number of carbonyl (C=O) groups is 1. The third-order valence-electron chi connectivity index (χ3n) is 3.00. The molecule has 0 fully saturated rings. The van der Waals surface area contributed by atoms with Crippen molar-refractivity contribution in [2.24, 2.45) is 0 Å². The largest absolute Gasteiger partial charge is 0.346 e. The van der Waals surface area contributed by atoms with Gasteiger partial charge in [-0.15, -0.1) is 5.10 Å². The fraction of sp³-hybridized carbons (Fsp3) is 0.308. The SMILES string of the molecule is CCN(CC)C(=O)n1cnc(NS(=O)(=O)c2ccccc2)n1. The van der Waals surface area contributed by atoms with Crippen LogP contribution in [0.4, 0.5) is 10.7 Å². The quantitative estimate of drug-likeness (QED) is 0.896. The van der Waals surface area contributed by atoms with Crippen LogP contribution >= 0.6 is 0 Å². The molecule has 9 heteroatoms. The van der Waals surface area contributed by atoms with Gasteiger partial charge in [0.25, 0.3) is 16.0 Å². The second-order valence-corrected chi connectivity index (χ2v) is 6.07. The molecule has 1 aromatic heterocycles. The van der Waals surface area contributed by atoms with Crippen LogP contribution in [0, 0.1) is 0 Å². The van der Waals surface area contributed by atoms with Crippen LogP contribution in [0.25, 0.3) is 0 Å². The van der Waals surface area contributed by atoms with Crippen molar-refractivity contribution in [2.45, 2.75) is 18.7 Å². The molecule has 2 rings (SSSR count). The zero-order chi connectivity index (χ0) is 16.2. The molecule has 8 nitrogen and oxygen atoms in total. The molecule has 1 N–H and O–H groups in total. The number of anilines is 1. The Morgan fingerprint density at radius 1 is 1.23 bits per heavy atom. The maximum absolute atomic E-state index is 12.1. The zero-order valence-electron chi connectivity index (χ0n) is 12.3. The molecule has 118 valence electrons. The minimum Gasteiger partial charge on any atom is -0.323 e. The first-order chi connectivity index (χ1) is 10.5. The van der Waals surface area contributed by atoms with Crippen molar-refractivity contribution in [3.8, 4) is 0 Å². The molecule has 0 saturated carbocycles. The fourth-order valence-electron chi connectivity index (χ4n) is 1.82. The van der Waals surface area contributed by atoms with Crippen LogP contribution in [0.2, 0.25) is 0 Å². The van der Waals surface area contributed by atoms with E-state index in [1.54, 1.807) is 23.1 Å². The molecule has 0 saturated heterocycles. The number of carbonyl (C=O) groups excluding carboxylic acids is 1. The Kier molecular flexibility index (Phi) is 4.76. The lowest BCUT2D eigenvalue weighted by molar-refractivity contribution is 0.201. The van der Waals surface area contributed by atoms with Crippen molar-refractivity contribution in [1.82, 2.24) is 19.7 Å². The van der Waals surface area contributed by atoms with Crippen LogP contribution in [-0.2, 0) is 10.0 Å². The van der Waals surface area contributed by atoms with Gasteiger partial charge in [-0.25, -0.2) is 17.9 Å². The van der Waals surface area contributed by atoms with Crippen molar-refractivity contribution in [3.63, 3.8) is 0 Å². The van der Waals surface area contributed by atoms with Crippen molar-refractivity contribution in [3.05, 3.63) is 36.7 Å². The van der Waals surface area contributed by atoms with Gasteiger partial charge in [-0.05, 0) is 26.0 Å². The first-order valence-corrected chi connectivity index (χ1v) is 8.25. The van der Waals surface area contributed by atoms with E-state index in [0.717, 1.165) is 4.68 Å². The predicted octanol–water partition coefficient (Wildman–Crippen LogP) is 1.39. The third kappa shape index (κ3) is 3.42. The highest BCUT2D eigenvalue weighted by Crippen LogP contribution is 2.12. The number of sulfonamides is 1. The number of hydrogen-bond donors (Lipinski definition) is 1. The number of rotatable bonds is 5. The van der Waals surface area contributed by atoms with Gasteiger partial charge in [0.2, 0.25) is 0 Å². The lowest BCUT2D eigenvalue weighted by Gasteiger charge is -2.17. The highest BCUT2D eigenvalue weighted by atomic mass is 32.2. The molecule has 1 aromatic carbocycles. The predicted molar refractivity (Wildman–Crippen MR) is 81.0 cm³/mol. The summed E-state index contributed by atoms with van der Waals surface area (Å²) in [6.45, 7) is 4.75. The van der Waals surface area contributed by atoms with Gasteiger partial charge in [0.1, 0.15) is 6.33 Å². The van der Waals surface area contributed by atoms with E-state index >= 15 is 0 Å². The van der Waals surface area contributed by atoms with Crippen LogP contribution in [-0.4, -0.2) is 47.2 Å². The maximum Gasteiger partial charge on any atom is 0.346 e. The van der Waals surface area contributed by atoms with Crippen LogP contribution < -0.4 is 4.72 Å². The Morgan fingerprint density at radius 3 is 2.45 bits per heavy atom. The number of hydrogen-bond acceptors (Lipinski definition) is 5. The van der Waals surface area contributed by atoms with Gasteiger partial charge in [-0.2, -0.15) is 9.67 Å². The third-order valence-corrected chi connectivity index (χ3v) is 4.35. The van der Waals surface area contributed by atoms with Gasteiger partial charge in [-0.1, -0.05) is 18.2 Å². The van der Waals surface area contributed by atoms with E-state index in [2.05, 4.69) is 14.8 Å². The standard InChI is InChI=1S/C13H17N5O3S/c1-3-17(4-2)13(19)18-10-14-12(15-18)16-22(20,21)11-8-6-5-7-9-11/h5-10H,3-4H2,1-2H3,(H,15,16). The van der Waals surface area contributed by atoms with E-state index in [0.29, 0.717) is 13.1 Å². The fourth-order valence-corrected chi connectivity index (χ4v) is 2.79. The Morgan fingerprint density at radius 2 is 1.86 bits per heavy atom. The van der Waals surface area contributed by atoms with E-state index < -0.39 is 10.0 Å². The average Bonchev–Trinajstić information content (AvgIpc) is 2.97. The van der Waals surface area contributed by atoms with Gasteiger partial charge in [0, 0.05) is 13.1 Å². The summed E-state index contributed by atoms with van der Waals surface area (Å²) in [5, 5.41) is 3.86. The normalized spacial score (nSPS) is 11.2. The summed E-state index contributed by atoms with van der Waals surface area (Å²) in [5.41, 5.74) is 0. The lowest BCUT2D eigenvalue weighted by atomic mass is 10.4. The van der Waals surface area contributed by atoms with Crippen LogP contribution in [0.3, 0.4) is 0 Å². The summed E-state index contributed by atoms with van der Waals surface area (Å²) < 4.78 is 27.5. The minimum atomic E-state index is -3.77. The van der Waals surface area contributed by atoms with Gasteiger partial charge < -0.3 is 4.90 Å². The summed E-state index contributed by atoms with van der Waals surface area (Å²) >= 11 is 0. The summed E-state index contributed by atoms with van der Waals surface area (Å²) in [4.78, 5) is 17.5. The Hall–Kier alpha value is -2.42. The number of aromatic nitrogens is 3. The molecule has 0 bridgehead atoms. The molecule has 22 heavy (non-hydrogen) atoms. The van der Waals surface area contributed by atoms with Gasteiger partial charge in [0.15, 0.2) is 0 Å². The molecule has 0 aliphatic heterocycles. The second-order valence-electron chi connectivity index (χ2n) is 4.39. The van der Waals surface area contributed by atoms with Crippen molar-refractivity contribution in [2.75, 3.05) is 17.8 Å². The number of benzene rings is 1. The molecular weight excluding hydrogens is 306 g/mol. The summed E-state index contributed by atoms with van der Waals surface area (Å²) in [6.07, 6.45) is 1.18. The first kappa shape index (κ1) is 16.0. The minimum absolute atomic E-state index is 0.0985. The van der Waals surface area contributed by atoms with E-state index in [-0.39, 0.29) is 16.9 Å². The van der Waals surface area contributed by atoms with Gasteiger partial charge >= 0.3 is 6.03 Å². The first-order valence-electron chi connectivity index (χ1n) is 6.76. The van der Waals surface area contributed by atoms with Crippen LogP contribution in [0.5, 0.6) is 0 Å². The zero-order valence-corrected chi connectivity index (χ0v) is 13.1. The molecule has 0 aliphatic rings. The molecule has 2 aromatic rings. The molecule has 0 radical (unpaired) electrons. The highest BCUT2D eigenvalue weighted by molar-refractivity contribution is 7.92. The molecular formula is C13H17N5O3S. The Balaban J connectivity index is 2.18. The topological polar surface area (TPSA) is 97.2 Å². The van der Waals surface area contributed by atoms with Crippen molar-refractivity contribution < 1.29 is 13.2 Å². The van der Waals surface area contributed by atoms with E-state index in [4.69, 9.17) is 0 Å². The van der Waals surface area contributed by atoms with Gasteiger partial charge in [0.05, 0.1) is 4.90 Å². The van der Waals surface area contributed by atoms with Crippen LogP contribution in [0.1, 0.15) is 13.8 Å². The summed E-state index contributed by atoms with van der Waals surface area (Å²) in [5.74, 6) is -0.149. The number of amides is 1. The molecule has 0 spiro atoms. The summed E-state index contributed by atoms with van der Waals surface area (Å²) in [7, 11) is -3.77. The Labute approximate surface area is 128 Å². The smallest absolute Gasteiger partial charge is 0.323 e. The molecule has 0 unspecified atom stereocenters. The number of nitrogens with one attached hydrogen (secondary N) is 1. The monoisotopic (exact) mass is 323 g/mol.